The van der Waals surface area contributed by atoms with Gasteiger partial charge in [-0.1, -0.05) is 24.3 Å². The van der Waals surface area contributed by atoms with E-state index in [4.69, 9.17) is 9.47 Å². The zero-order chi connectivity index (χ0) is 20.1. The molecule has 3 rings (SSSR count). The van der Waals surface area contributed by atoms with Crippen molar-refractivity contribution in [2.24, 2.45) is 0 Å². The second-order valence-electron chi connectivity index (χ2n) is 5.55. The molecule has 0 unspecified atom stereocenters. The van der Waals surface area contributed by atoms with Gasteiger partial charge in [0.05, 0.1) is 14.2 Å². The van der Waals surface area contributed by atoms with Gasteiger partial charge in [0.2, 0.25) is 5.16 Å². The van der Waals surface area contributed by atoms with Crippen LogP contribution in [0.15, 0.2) is 52.5 Å². The molecule has 3 aromatic rings. The molecule has 0 bridgehead atoms. The first-order valence-corrected chi connectivity index (χ1v) is 8.86. The number of thioether (sulfide) groups is 1. The summed E-state index contributed by atoms with van der Waals surface area (Å²) >= 11 is 0.899. The van der Waals surface area contributed by atoms with Crippen molar-refractivity contribution >= 4 is 23.8 Å². The number of H-pyrrole nitrogens is 1. The van der Waals surface area contributed by atoms with Crippen LogP contribution in [0.25, 0.3) is 17.5 Å². The number of aromatic nitrogens is 3. The van der Waals surface area contributed by atoms with E-state index < -0.39 is 5.97 Å². The third-order valence-electron chi connectivity index (χ3n) is 3.68. The minimum absolute atomic E-state index is 0.0208. The topological polar surface area (TPSA) is 120 Å². The summed E-state index contributed by atoms with van der Waals surface area (Å²) in [5.74, 6) is 0.362. The first-order chi connectivity index (χ1) is 13.5. The summed E-state index contributed by atoms with van der Waals surface area (Å²) in [6, 6.07) is 11.1. The van der Waals surface area contributed by atoms with Crippen LogP contribution in [0.1, 0.15) is 5.56 Å². The van der Waals surface area contributed by atoms with Gasteiger partial charge in [0.25, 0.3) is 0 Å². The molecule has 28 heavy (non-hydrogen) atoms. The number of rotatable bonds is 7. The first kappa shape index (κ1) is 19.3. The molecule has 0 atom stereocenters. The van der Waals surface area contributed by atoms with E-state index in [2.05, 4.69) is 15.2 Å². The average molecular weight is 398 g/mol. The number of aromatic amines is 1. The zero-order valence-corrected chi connectivity index (χ0v) is 15.8. The van der Waals surface area contributed by atoms with Crippen LogP contribution >= 0.6 is 11.8 Å². The maximum atomic E-state index is 11.6. The number of hydrogen-bond donors (Lipinski definition) is 2. The van der Waals surface area contributed by atoms with E-state index in [9.17, 15) is 15.0 Å². The van der Waals surface area contributed by atoms with Crippen LogP contribution in [0.4, 0.5) is 0 Å². The lowest BCUT2D eigenvalue weighted by molar-refractivity contribution is -0.268. The van der Waals surface area contributed by atoms with E-state index in [-0.39, 0.29) is 15.8 Å². The van der Waals surface area contributed by atoms with Crippen LogP contribution in [-0.2, 0) is 4.79 Å². The number of nitrogens with zero attached hydrogens (tertiary/aromatic N) is 2. The van der Waals surface area contributed by atoms with E-state index in [0.29, 0.717) is 28.5 Å². The number of hydrogen-bond acceptors (Lipinski definition) is 7. The van der Waals surface area contributed by atoms with Crippen molar-refractivity contribution < 1.29 is 24.5 Å². The van der Waals surface area contributed by atoms with E-state index in [1.807, 2.05) is 0 Å². The van der Waals surface area contributed by atoms with E-state index in [1.54, 1.807) is 44.6 Å². The van der Waals surface area contributed by atoms with E-state index >= 15 is 0 Å². The molecule has 8 nitrogen and oxygen atoms in total. The highest BCUT2D eigenvalue weighted by molar-refractivity contribution is 8.04. The molecule has 0 spiro atoms. The lowest BCUT2D eigenvalue weighted by Crippen LogP contribution is -1.97. The Bertz CT molecular complexity index is 992. The second kappa shape index (κ2) is 8.49. The van der Waals surface area contributed by atoms with Gasteiger partial charge in [-0.15, -0.1) is 10.8 Å². The fourth-order valence-corrected chi connectivity index (χ4v) is 3.02. The highest BCUT2D eigenvalue weighted by Gasteiger charge is 2.15. The highest BCUT2D eigenvalue weighted by atomic mass is 32.2. The Morgan fingerprint density at radius 3 is 2.36 bits per heavy atom. The van der Waals surface area contributed by atoms with Gasteiger partial charge in [0.15, 0.2) is 5.82 Å². The summed E-state index contributed by atoms with van der Waals surface area (Å²) in [7, 11) is 3.09. The quantitative estimate of drug-likeness (QED) is 0.460. The molecule has 9 heteroatoms. The molecule has 144 valence electrons. The van der Waals surface area contributed by atoms with Gasteiger partial charge in [-0.25, -0.2) is 9.78 Å². The van der Waals surface area contributed by atoms with Gasteiger partial charge < -0.3 is 19.7 Å². The molecule has 0 saturated heterocycles. The lowest BCUT2D eigenvalue weighted by Gasteiger charge is -2.06. The van der Waals surface area contributed by atoms with Gasteiger partial charge in [-0.2, -0.15) is 0 Å². The van der Waals surface area contributed by atoms with Crippen LogP contribution in [0.3, 0.4) is 0 Å². The number of nitrogens with one attached hydrogen (secondary N) is 1. The summed E-state index contributed by atoms with van der Waals surface area (Å²) in [4.78, 5) is 15.9. The molecule has 0 saturated carbocycles. The van der Waals surface area contributed by atoms with Crippen molar-refractivity contribution in [2.75, 3.05) is 14.2 Å². The monoisotopic (exact) mass is 398 g/mol. The first-order valence-electron chi connectivity index (χ1n) is 8.04. The van der Waals surface area contributed by atoms with Gasteiger partial charge in [0, 0.05) is 11.6 Å². The fraction of sp³-hybridized carbons (Fsp3) is 0.105. The summed E-state index contributed by atoms with van der Waals surface area (Å²) in [6.07, 6.45) is 1.46. The number of carboxylic acids is 1. The number of methoxy groups -OCH3 is 2. The highest BCUT2D eigenvalue weighted by Crippen LogP contribution is 2.31. The van der Waals surface area contributed by atoms with Gasteiger partial charge >= 0.3 is 5.97 Å². The minimum atomic E-state index is -1.12. The number of ether oxygens (including phenoxy) is 2. The minimum Gasteiger partial charge on any atom is -0.872 e. The summed E-state index contributed by atoms with van der Waals surface area (Å²) in [5, 5.41) is 27.7. The SMILES string of the molecule is COc1cc(OC)cc(-c2nc(S/C(=C/c3ccc([O-])cc3)C(=O)O)n[nH]2)c1. The van der Waals surface area contributed by atoms with Crippen LogP contribution in [0.2, 0.25) is 0 Å². The Morgan fingerprint density at radius 2 is 1.79 bits per heavy atom. The van der Waals surface area contributed by atoms with Crippen molar-refractivity contribution in [1.82, 2.24) is 15.2 Å². The molecule has 0 aliphatic carbocycles. The molecule has 0 aliphatic heterocycles. The molecule has 0 radical (unpaired) electrons. The molecule has 1 heterocycles. The predicted molar refractivity (Wildman–Crippen MR) is 102 cm³/mol. The third-order valence-corrected chi connectivity index (χ3v) is 4.56. The van der Waals surface area contributed by atoms with Crippen molar-refractivity contribution in [3.05, 3.63) is 52.9 Å². The molecular weight excluding hydrogens is 382 g/mol. The zero-order valence-electron chi connectivity index (χ0n) is 15.0. The Balaban J connectivity index is 1.86. The fourth-order valence-electron chi connectivity index (χ4n) is 2.31. The number of aliphatic carboxylic acids is 1. The molecule has 2 aromatic carbocycles. The number of carboxylic acid groups (broad SMARTS) is 1. The second-order valence-corrected chi connectivity index (χ2v) is 6.56. The normalized spacial score (nSPS) is 11.3. The van der Waals surface area contributed by atoms with Gasteiger partial charge in [-0.05, 0) is 35.5 Å². The number of carbonyl (C=O) groups is 1. The summed E-state index contributed by atoms with van der Waals surface area (Å²) in [5.41, 5.74) is 1.28. The number of benzene rings is 2. The van der Waals surface area contributed by atoms with Gasteiger partial charge in [0.1, 0.15) is 16.4 Å². The summed E-state index contributed by atoms with van der Waals surface area (Å²) in [6.45, 7) is 0. The lowest BCUT2D eigenvalue weighted by atomic mass is 10.2. The largest absolute Gasteiger partial charge is 0.872 e. The molecule has 2 N–H and O–H groups in total. The van der Waals surface area contributed by atoms with Crippen LogP contribution in [-0.4, -0.2) is 40.5 Å². The summed E-state index contributed by atoms with van der Waals surface area (Å²) < 4.78 is 10.5. The molecule has 0 fully saturated rings. The molecule has 0 aliphatic rings. The Hall–Kier alpha value is -3.46. The Labute approximate surface area is 164 Å². The standard InChI is InChI=1S/C19H17N3O5S/c1-26-14-8-12(9-15(10-14)27-2)17-20-19(22-21-17)28-16(18(24)25)7-11-3-5-13(23)6-4-11/h3-10,23H,1-2H3,(H,24,25)(H,20,21,22)/p-1/b16-7+. The molecular formula is C19H16N3O5S-. The molecule has 1 aromatic heterocycles. The Morgan fingerprint density at radius 1 is 1.14 bits per heavy atom. The van der Waals surface area contributed by atoms with E-state index in [1.165, 1.54) is 18.2 Å². The predicted octanol–water partition coefficient (Wildman–Crippen LogP) is 2.78. The Kier molecular flexibility index (Phi) is 5.85. The maximum absolute atomic E-state index is 11.6. The van der Waals surface area contributed by atoms with Crippen molar-refractivity contribution in [1.29, 1.82) is 0 Å². The third kappa shape index (κ3) is 4.63. The van der Waals surface area contributed by atoms with Crippen LogP contribution in [0, 0.1) is 0 Å². The van der Waals surface area contributed by atoms with Crippen molar-refractivity contribution in [3.8, 4) is 28.6 Å². The van der Waals surface area contributed by atoms with Crippen LogP contribution in [0.5, 0.6) is 17.2 Å². The van der Waals surface area contributed by atoms with E-state index in [0.717, 1.165) is 11.8 Å². The van der Waals surface area contributed by atoms with Gasteiger partial charge in [-0.3, -0.25) is 5.10 Å². The van der Waals surface area contributed by atoms with Crippen LogP contribution < -0.4 is 14.6 Å². The van der Waals surface area contributed by atoms with Crippen molar-refractivity contribution in [3.63, 3.8) is 0 Å². The van der Waals surface area contributed by atoms with Crippen molar-refractivity contribution in [2.45, 2.75) is 5.16 Å². The molecule has 0 amide bonds. The smallest absolute Gasteiger partial charge is 0.342 e. The average Bonchev–Trinajstić information content (AvgIpc) is 3.17. The maximum Gasteiger partial charge on any atom is 0.342 e.